The largest absolute Gasteiger partial charge is 0.381 e. The summed E-state index contributed by atoms with van der Waals surface area (Å²) in [7, 11) is 3.89. The Hall–Kier alpha value is -2.06. The van der Waals surface area contributed by atoms with Gasteiger partial charge >= 0.3 is 0 Å². The summed E-state index contributed by atoms with van der Waals surface area (Å²) in [6.45, 7) is 3.25. The number of likely N-dealkylation sites (tertiary alicyclic amines) is 1. The summed E-state index contributed by atoms with van der Waals surface area (Å²) in [4.78, 5) is 23.8. The average Bonchev–Trinajstić information content (AvgIpc) is 3.32. The number of aromatic nitrogens is 4. The van der Waals surface area contributed by atoms with Crippen LogP contribution in [0.5, 0.6) is 0 Å². The van der Waals surface area contributed by atoms with Gasteiger partial charge in [-0.2, -0.15) is 5.10 Å². The molecule has 1 saturated carbocycles. The minimum absolute atomic E-state index is 0.102. The first-order chi connectivity index (χ1) is 13.7. The Morgan fingerprint density at radius 3 is 2.71 bits per heavy atom. The maximum atomic E-state index is 12.5. The van der Waals surface area contributed by atoms with Crippen molar-refractivity contribution in [3.8, 4) is 0 Å². The van der Waals surface area contributed by atoms with E-state index in [9.17, 15) is 4.79 Å². The molecule has 2 aromatic heterocycles. The minimum atomic E-state index is 0.102. The van der Waals surface area contributed by atoms with Gasteiger partial charge in [-0.05, 0) is 45.7 Å². The van der Waals surface area contributed by atoms with Gasteiger partial charge in [-0.15, -0.1) is 0 Å². The monoisotopic (exact) mass is 386 g/mol. The molecule has 0 aromatic carbocycles. The highest BCUT2D eigenvalue weighted by atomic mass is 16.5. The molecule has 0 radical (unpaired) electrons. The zero-order valence-electron chi connectivity index (χ0n) is 16.8. The number of fused-ring (bicyclic) bond motifs is 1. The fourth-order valence-corrected chi connectivity index (χ4v) is 4.50. The van der Waals surface area contributed by atoms with Gasteiger partial charge in [0, 0.05) is 44.4 Å². The van der Waals surface area contributed by atoms with Crippen LogP contribution in [-0.4, -0.2) is 70.5 Å². The number of ether oxygens (including phenoxy) is 1. The molecule has 8 heteroatoms. The minimum Gasteiger partial charge on any atom is -0.381 e. The van der Waals surface area contributed by atoms with E-state index in [1.165, 1.54) is 0 Å². The molecular weight excluding hydrogens is 356 g/mol. The van der Waals surface area contributed by atoms with E-state index >= 15 is 0 Å². The van der Waals surface area contributed by atoms with Crippen molar-refractivity contribution in [1.29, 1.82) is 0 Å². The number of carbonyl (C=O) groups excluding carboxylic acids is 1. The second-order valence-electron chi connectivity index (χ2n) is 8.09. The second kappa shape index (κ2) is 8.53. The SMILES string of the molecule is COC1CCC(C(=O)NCCn2nc([C@H]3CCN(C)C3)c3nccnc32)CC1. The summed E-state index contributed by atoms with van der Waals surface area (Å²) in [6.07, 6.45) is 8.58. The Morgan fingerprint density at radius 1 is 1.21 bits per heavy atom. The van der Waals surface area contributed by atoms with E-state index in [0.29, 0.717) is 25.1 Å². The van der Waals surface area contributed by atoms with E-state index in [4.69, 9.17) is 9.84 Å². The van der Waals surface area contributed by atoms with Gasteiger partial charge in [0.1, 0.15) is 5.52 Å². The first-order valence-corrected chi connectivity index (χ1v) is 10.3. The van der Waals surface area contributed by atoms with Gasteiger partial charge in [0.25, 0.3) is 0 Å². The Morgan fingerprint density at radius 2 is 2.00 bits per heavy atom. The third kappa shape index (κ3) is 4.03. The van der Waals surface area contributed by atoms with Crippen molar-refractivity contribution in [1.82, 2.24) is 30.0 Å². The molecule has 0 unspecified atom stereocenters. The van der Waals surface area contributed by atoms with E-state index in [2.05, 4.69) is 27.2 Å². The lowest BCUT2D eigenvalue weighted by Gasteiger charge is -2.26. The molecule has 4 rings (SSSR count). The molecule has 1 aliphatic heterocycles. The van der Waals surface area contributed by atoms with Crippen molar-refractivity contribution >= 4 is 17.1 Å². The first kappa shape index (κ1) is 19.3. The number of nitrogens with one attached hydrogen (secondary N) is 1. The number of likely N-dealkylation sites (N-methyl/N-ethyl adjacent to an activating group) is 1. The van der Waals surface area contributed by atoms with Crippen LogP contribution in [0.3, 0.4) is 0 Å². The molecule has 8 nitrogen and oxygen atoms in total. The molecule has 3 heterocycles. The van der Waals surface area contributed by atoms with Crippen LogP contribution < -0.4 is 5.32 Å². The Bertz CT molecular complexity index is 814. The maximum Gasteiger partial charge on any atom is 0.223 e. The normalized spacial score (nSPS) is 26.0. The topological polar surface area (TPSA) is 85.2 Å². The number of rotatable bonds is 6. The zero-order valence-corrected chi connectivity index (χ0v) is 16.8. The number of amides is 1. The van der Waals surface area contributed by atoms with Crippen molar-refractivity contribution in [2.75, 3.05) is 33.8 Å². The zero-order chi connectivity index (χ0) is 19.5. The number of hydrogen-bond acceptors (Lipinski definition) is 6. The molecule has 1 aliphatic carbocycles. The summed E-state index contributed by atoms with van der Waals surface area (Å²) < 4.78 is 7.29. The highest BCUT2D eigenvalue weighted by molar-refractivity contribution is 5.78. The quantitative estimate of drug-likeness (QED) is 0.811. The lowest BCUT2D eigenvalue weighted by Crippen LogP contribution is -2.36. The molecule has 2 aliphatic rings. The second-order valence-corrected chi connectivity index (χ2v) is 8.09. The third-order valence-corrected chi connectivity index (χ3v) is 6.17. The maximum absolute atomic E-state index is 12.5. The van der Waals surface area contributed by atoms with Gasteiger partial charge in [-0.25, -0.2) is 14.6 Å². The van der Waals surface area contributed by atoms with E-state index < -0.39 is 0 Å². The van der Waals surface area contributed by atoms with Crippen LogP contribution in [0.4, 0.5) is 0 Å². The lowest BCUT2D eigenvalue weighted by atomic mass is 9.87. The third-order valence-electron chi connectivity index (χ3n) is 6.17. The molecule has 2 aromatic rings. The standard InChI is InChI=1S/C20H30N6O2/c1-25-11-7-15(13-25)17-18-19(22-9-8-21-18)26(24-17)12-10-23-20(27)14-3-5-16(28-2)6-4-14/h8-9,14-16H,3-7,10-13H2,1-2H3,(H,23,27)/t14?,15-,16?/m0/s1. The van der Waals surface area contributed by atoms with Crippen LogP contribution in [0.25, 0.3) is 11.2 Å². The van der Waals surface area contributed by atoms with Crippen molar-refractivity contribution in [3.63, 3.8) is 0 Å². The summed E-state index contributed by atoms with van der Waals surface area (Å²) in [5.41, 5.74) is 2.74. The summed E-state index contributed by atoms with van der Waals surface area (Å²) >= 11 is 0. The highest BCUT2D eigenvalue weighted by Crippen LogP contribution is 2.29. The Labute approximate surface area is 165 Å². The van der Waals surface area contributed by atoms with Crippen LogP contribution in [0.15, 0.2) is 12.4 Å². The molecule has 152 valence electrons. The van der Waals surface area contributed by atoms with Gasteiger partial charge in [0.15, 0.2) is 5.65 Å². The summed E-state index contributed by atoms with van der Waals surface area (Å²) in [5, 5.41) is 7.92. The van der Waals surface area contributed by atoms with Gasteiger partial charge in [0.05, 0.1) is 18.3 Å². The van der Waals surface area contributed by atoms with Gasteiger partial charge in [-0.1, -0.05) is 0 Å². The lowest BCUT2D eigenvalue weighted by molar-refractivity contribution is -0.126. The van der Waals surface area contributed by atoms with Crippen LogP contribution in [0.1, 0.15) is 43.7 Å². The van der Waals surface area contributed by atoms with Crippen LogP contribution in [-0.2, 0) is 16.1 Å². The molecular formula is C20H30N6O2. The number of carbonyl (C=O) groups is 1. The van der Waals surface area contributed by atoms with Crippen molar-refractivity contribution in [2.24, 2.45) is 5.92 Å². The number of methoxy groups -OCH3 is 1. The first-order valence-electron chi connectivity index (χ1n) is 10.3. The molecule has 2 fully saturated rings. The molecule has 0 spiro atoms. The van der Waals surface area contributed by atoms with Gasteiger partial charge in [0.2, 0.25) is 5.91 Å². The predicted octanol–water partition coefficient (Wildman–Crippen LogP) is 1.57. The molecule has 0 bridgehead atoms. The van der Waals surface area contributed by atoms with E-state index in [-0.39, 0.29) is 11.8 Å². The van der Waals surface area contributed by atoms with E-state index in [1.807, 2.05) is 4.68 Å². The van der Waals surface area contributed by atoms with Crippen LogP contribution in [0.2, 0.25) is 0 Å². The van der Waals surface area contributed by atoms with Crippen LogP contribution in [0, 0.1) is 5.92 Å². The molecule has 1 atom stereocenters. The molecule has 28 heavy (non-hydrogen) atoms. The van der Waals surface area contributed by atoms with Gasteiger partial charge < -0.3 is 15.0 Å². The van der Waals surface area contributed by atoms with Gasteiger partial charge in [-0.3, -0.25) is 4.79 Å². The summed E-state index contributed by atoms with van der Waals surface area (Å²) in [6, 6.07) is 0. The highest BCUT2D eigenvalue weighted by Gasteiger charge is 2.28. The Kier molecular flexibility index (Phi) is 5.87. The van der Waals surface area contributed by atoms with Crippen molar-refractivity contribution < 1.29 is 9.53 Å². The smallest absolute Gasteiger partial charge is 0.223 e. The van der Waals surface area contributed by atoms with Crippen molar-refractivity contribution in [2.45, 2.75) is 50.7 Å². The summed E-state index contributed by atoms with van der Waals surface area (Å²) in [5.74, 6) is 0.649. The molecule has 1 N–H and O–H groups in total. The fourth-order valence-electron chi connectivity index (χ4n) is 4.50. The fraction of sp³-hybridized carbons (Fsp3) is 0.700. The molecule has 1 amide bonds. The number of nitrogens with zero attached hydrogens (tertiary/aromatic N) is 5. The predicted molar refractivity (Wildman–Crippen MR) is 106 cm³/mol. The van der Waals surface area contributed by atoms with E-state index in [0.717, 1.165) is 62.1 Å². The molecule has 1 saturated heterocycles. The Balaban J connectivity index is 1.38. The van der Waals surface area contributed by atoms with Crippen LogP contribution >= 0.6 is 0 Å². The van der Waals surface area contributed by atoms with Crippen molar-refractivity contribution in [3.05, 3.63) is 18.1 Å². The van der Waals surface area contributed by atoms with E-state index in [1.54, 1.807) is 19.5 Å². The number of hydrogen-bond donors (Lipinski definition) is 1. The average molecular weight is 387 g/mol.